The van der Waals surface area contributed by atoms with E-state index in [0.29, 0.717) is 12.6 Å². The summed E-state index contributed by atoms with van der Waals surface area (Å²) in [4.78, 5) is 0. The Morgan fingerprint density at radius 3 is 2.82 bits per heavy atom. The summed E-state index contributed by atoms with van der Waals surface area (Å²) in [5.41, 5.74) is 1.30. The van der Waals surface area contributed by atoms with Crippen molar-refractivity contribution in [3.05, 3.63) is 34.3 Å². The lowest BCUT2D eigenvalue weighted by Gasteiger charge is -2.15. The molecule has 0 aliphatic carbocycles. The largest absolute Gasteiger partial charge is 0.396 e. The van der Waals surface area contributed by atoms with Gasteiger partial charge in [-0.3, -0.25) is 0 Å². The van der Waals surface area contributed by atoms with Crippen LogP contribution in [0.15, 0.2) is 28.7 Å². The molecule has 0 aliphatic rings. The molecule has 96 valence electrons. The van der Waals surface area contributed by atoms with Gasteiger partial charge >= 0.3 is 0 Å². The Labute approximate surface area is 116 Å². The molecule has 0 aliphatic heterocycles. The van der Waals surface area contributed by atoms with Crippen LogP contribution in [0.4, 0.5) is 0 Å². The van der Waals surface area contributed by atoms with Crippen molar-refractivity contribution in [2.75, 3.05) is 24.7 Å². The monoisotopic (exact) mass is 317 g/mol. The number of aliphatic hydroxyl groups is 1. The van der Waals surface area contributed by atoms with Crippen LogP contribution in [0.1, 0.15) is 24.9 Å². The van der Waals surface area contributed by atoms with Gasteiger partial charge in [0, 0.05) is 29.4 Å². The lowest BCUT2D eigenvalue weighted by Crippen LogP contribution is -2.21. The minimum atomic E-state index is 0.299. The summed E-state index contributed by atoms with van der Waals surface area (Å²) in [6, 6.07) is 8.67. The molecule has 17 heavy (non-hydrogen) atoms. The summed E-state index contributed by atoms with van der Waals surface area (Å²) in [5, 5.41) is 12.2. The van der Waals surface area contributed by atoms with Gasteiger partial charge in [0.1, 0.15) is 0 Å². The fourth-order valence-corrected chi connectivity index (χ4v) is 2.98. The van der Waals surface area contributed by atoms with Crippen molar-refractivity contribution in [1.29, 1.82) is 0 Å². The Hall–Kier alpha value is -0.0300. The van der Waals surface area contributed by atoms with Crippen LogP contribution in [0.5, 0.6) is 0 Å². The Morgan fingerprint density at radius 1 is 1.35 bits per heavy atom. The van der Waals surface area contributed by atoms with Crippen LogP contribution in [-0.4, -0.2) is 29.8 Å². The molecule has 0 amide bonds. The topological polar surface area (TPSA) is 32.3 Å². The second kappa shape index (κ2) is 8.97. The number of halogens is 1. The number of hydrogen-bond donors (Lipinski definition) is 2. The third-order valence-corrected chi connectivity index (χ3v) is 4.31. The number of nitrogens with one attached hydrogen (secondary N) is 1. The van der Waals surface area contributed by atoms with Gasteiger partial charge in [-0.05, 0) is 30.7 Å². The van der Waals surface area contributed by atoms with Gasteiger partial charge in [-0.2, -0.15) is 11.8 Å². The number of rotatable bonds is 8. The molecule has 0 bridgehead atoms. The van der Waals surface area contributed by atoms with E-state index in [0.717, 1.165) is 28.9 Å². The summed E-state index contributed by atoms with van der Waals surface area (Å²) in [6.07, 6.45) is 0.893. The smallest absolute Gasteiger partial charge is 0.0438 e. The minimum absolute atomic E-state index is 0.299. The van der Waals surface area contributed by atoms with Crippen molar-refractivity contribution in [2.45, 2.75) is 19.4 Å². The number of hydrogen-bond acceptors (Lipinski definition) is 3. The molecule has 0 aromatic heterocycles. The summed E-state index contributed by atoms with van der Waals surface area (Å²) >= 11 is 5.45. The maximum atomic E-state index is 8.66. The van der Waals surface area contributed by atoms with Crippen LogP contribution in [-0.2, 0) is 0 Å². The van der Waals surface area contributed by atoms with E-state index in [4.69, 9.17) is 5.11 Å². The third kappa shape index (κ3) is 5.91. The lowest BCUT2D eigenvalue weighted by atomic mass is 10.1. The van der Waals surface area contributed by atoms with Crippen LogP contribution < -0.4 is 5.32 Å². The Bertz CT molecular complexity index is 322. The highest BCUT2D eigenvalue weighted by Gasteiger charge is 2.07. The second-order valence-electron chi connectivity index (χ2n) is 3.89. The SMILES string of the molecule is CC(NCCSCCCO)c1ccccc1Br. The summed E-state index contributed by atoms with van der Waals surface area (Å²) in [5.74, 6) is 2.14. The van der Waals surface area contributed by atoms with Crippen LogP contribution >= 0.6 is 27.7 Å². The van der Waals surface area contributed by atoms with Crippen molar-refractivity contribution in [2.24, 2.45) is 0 Å². The van der Waals surface area contributed by atoms with Gasteiger partial charge in [0.05, 0.1) is 0 Å². The molecule has 0 radical (unpaired) electrons. The lowest BCUT2D eigenvalue weighted by molar-refractivity contribution is 0.296. The molecule has 0 spiro atoms. The quantitative estimate of drug-likeness (QED) is 0.722. The van der Waals surface area contributed by atoms with E-state index in [-0.39, 0.29) is 0 Å². The van der Waals surface area contributed by atoms with Gasteiger partial charge in [0.2, 0.25) is 0 Å². The number of benzene rings is 1. The van der Waals surface area contributed by atoms with Gasteiger partial charge in [0.15, 0.2) is 0 Å². The van der Waals surface area contributed by atoms with E-state index in [2.05, 4.69) is 46.4 Å². The van der Waals surface area contributed by atoms with Crippen LogP contribution in [0.3, 0.4) is 0 Å². The van der Waals surface area contributed by atoms with E-state index in [1.54, 1.807) is 0 Å². The first kappa shape index (κ1) is 15.0. The molecule has 1 aromatic carbocycles. The van der Waals surface area contributed by atoms with Crippen LogP contribution in [0.25, 0.3) is 0 Å². The summed E-state index contributed by atoms with van der Waals surface area (Å²) < 4.78 is 1.16. The van der Waals surface area contributed by atoms with E-state index < -0.39 is 0 Å². The number of thioether (sulfide) groups is 1. The molecule has 0 saturated carbocycles. The first-order valence-electron chi connectivity index (χ1n) is 5.92. The molecule has 1 unspecified atom stereocenters. The maximum absolute atomic E-state index is 8.66. The predicted molar refractivity (Wildman–Crippen MR) is 79.6 cm³/mol. The zero-order chi connectivity index (χ0) is 12.5. The first-order chi connectivity index (χ1) is 8.25. The highest BCUT2D eigenvalue weighted by atomic mass is 79.9. The van der Waals surface area contributed by atoms with Gasteiger partial charge in [-0.1, -0.05) is 34.1 Å². The number of aliphatic hydroxyl groups excluding tert-OH is 1. The Balaban J connectivity index is 2.21. The highest BCUT2D eigenvalue weighted by Crippen LogP contribution is 2.22. The third-order valence-electron chi connectivity index (χ3n) is 2.52. The normalized spacial score (nSPS) is 12.6. The van der Waals surface area contributed by atoms with Crippen molar-refractivity contribution < 1.29 is 5.11 Å². The van der Waals surface area contributed by atoms with E-state index in [9.17, 15) is 0 Å². The van der Waals surface area contributed by atoms with Crippen LogP contribution in [0.2, 0.25) is 0 Å². The molecule has 4 heteroatoms. The van der Waals surface area contributed by atoms with E-state index >= 15 is 0 Å². The maximum Gasteiger partial charge on any atom is 0.0438 e. The molecule has 1 aromatic rings. The Kier molecular flexibility index (Phi) is 7.93. The predicted octanol–water partition coefficient (Wildman–Crippen LogP) is 3.22. The van der Waals surface area contributed by atoms with Crippen molar-refractivity contribution in [3.63, 3.8) is 0 Å². The fraction of sp³-hybridized carbons (Fsp3) is 0.538. The van der Waals surface area contributed by atoms with E-state index in [1.165, 1.54) is 5.56 Å². The van der Waals surface area contributed by atoms with Gasteiger partial charge in [0.25, 0.3) is 0 Å². The molecular weight excluding hydrogens is 298 g/mol. The van der Waals surface area contributed by atoms with Crippen molar-refractivity contribution >= 4 is 27.7 Å². The Morgan fingerprint density at radius 2 is 2.12 bits per heavy atom. The minimum Gasteiger partial charge on any atom is -0.396 e. The van der Waals surface area contributed by atoms with Crippen LogP contribution in [0, 0.1) is 0 Å². The average molecular weight is 318 g/mol. The zero-order valence-electron chi connectivity index (χ0n) is 10.2. The summed E-state index contributed by atoms with van der Waals surface area (Å²) in [7, 11) is 0. The van der Waals surface area contributed by atoms with Gasteiger partial charge < -0.3 is 10.4 Å². The highest BCUT2D eigenvalue weighted by molar-refractivity contribution is 9.10. The van der Waals surface area contributed by atoms with Crippen molar-refractivity contribution in [1.82, 2.24) is 5.32 Å². The van der Waals surface area contributed by atoms with Gasteiger partial charge in [-0.25, -0.2) is 0 Å². The van der Waals surface area contributed by atoms with E-state index in [1.807, 2.05) is 17.8 Å². The molecule has 0 fully saturated rings. The molecule has 0 saturated heterocycles. The zero-order valence-corrected chi connectivity index (χ0v) is 12.6. The molecular formula is C13H20BrNOS. The summed E-state index contributed by atoms with van der Waals surface area (Å²) in [6.45, 7) is 3.48. The molecule has 0 heterocycles. The standard InChI is InChI=1S/C13H20BrNOS/c1-11(12-5-2-3-6-13(12)14)15-7-10-17-9-4-8-16/h2-3,5-6,11,15-16H,4,7-10H2,1H3. The second-order valence-corrected chi connectivity index (χ2v) is 5.97. The van der Waals surface area contributed by atoms with Crippen molar-refractivity contribution in [3.8, 4) is 0 Å². The fourth-order valence-electron chi connectivity index (χ4n) is 1.55. The average Bonchev–Trinajstić information content (AvgIpc) is 2.34. The molecule has 2 N–H and O–H groups in total. The molecule has 1 rings (SSSR count). The first-order valence-corrected chi connectivity index (χ1v) is 7.87. The van der Waals surface area contributed by atoms with Gasteiger partial charge in [-0.15, -0.1) is 0 Å². The molecule has 2 nitrogen and oxygen atoms in total. The molecule has 1 atom stereocenters.